The van der Waals surface area contributed by atoms with Gasteiger partial charge in [0.05, 0.1) is 23.7 Å². The van der Waals surface area contributed by atoms with Gasteiger partial charge in [0.15, 0.2) is 0 Å². The molecular weight excluding hydrogens is 238 g/mol. The van der Waals surface area contributed by atoms with Crippen molar-refractivity contribution < 1.29 is 5.11 Å². The van der Waals surface area contributed by atoms with E-state index in [1.807, 2.05) is 59.2 Å². The number of benzene rings is 2. The molecule has 0 radical (unpaired) electrons. The van der Waals surface area contributed by atoms with Crippen molar-refractivity contribution >= 4 is 11.0 Å². The van der Waals surface area contributed by atoms with Gasteiger partial charge in [0.1, 0.15) is 5.82 Å². The average molecular weight is 253 g/mol. The summed E-state index contributed by atoms with van der Waals surface area (Å²) in [5.74, 6) is 0.676. The number of hydrogen-bond donors (Lipinski definition) is 2. The van der Waals surface area contributed by atoms with Crippen LogP contribution in [-0.4, -0.2) is 21.3 Å². The molecule has 0 bridgehead atoms. The zero-order valence-electron chi connectivity index (χ0n) is 10.4. The van der Waals surface area contributed by atoms with Crippen molar-refractivity contribution in [1.82, 2.24) is 9.55 Å². The van der Waals surface area contributed by atoms with Gasteiger partial charge in [-0.25, -0.2) is 4.98 Å². The van der Waals surface area contributed by atoms with Crippen molar-refractivity contribution in [2.24, 2.45) is 5.73 Å². The zero-order valence-corrected chi connectivity index (χ0v) is 10.4. The van der Waals surface area contributed by atoms with Crippen LogP contribution in [0.25, 0.3) is 16.7 Å². The van der Waals surface area contributed by atoms with Crippen LogP contribution >= 0.6 is 0 Å². The molecule has 19 heavy (non-hydrogen) atoms. The van der Waals surface area contributed by atoms with E-state index in [-0.39, 0.29) is 6.61 Å². The van der Waals surface area contributed by atoms with Crippen LogP contribution in [0.15, 0.2) is 54.6 Å². The van der Waals surface area contributed by atoms with Crippen LogP contribution < -0.4 is 5.73 Å². The molecule has 0 aliphatic rings. The van der Waals surface area contributed by atoms with Crippen molar-refractivity contribution in [1.29, 1.82) is 0 Å². The van der Waals surface area contributed by atoms with Crippen LogP contribution in [-0.2, 0) is 0 Å². The minimum Gasteiger partial charge on any atom is -0.394 e. The molecule has 1 aromatic heterocycles. The van der Waals surface area contributed by atoms with E-state index in [2.05, 4.69) is 4.98 Å². The van der Waals surface area contributed by atoms with Crippen LogP contribution in [0.2, 0.25) is 0 Å². The van der Waals surface area contributed by atoms with Gasteiger partial charge in [-0.3, -0.25) is 4.57 Å². The third-order valence-electron chi connectivity index (χ3n) is 3.13. The number of aromatic nitrogens is 2. The summed E-state index contributed by atoms with van der Waals surface area (Å²) in [5, 5.41) is 9.31. The highest BCUT2D eigenvalue weighted by molar-refractivity contribution is 5.78. The summed E-state index contributed by atoms with van der Waals surface area (Å²) in [6, 6.07) is 17.3. The number of fused-ring (bicyclic) bond motifs is 1. The lowest BCUT2D eigenvalue weighted by Crippen LogP contribution is -2.19. The molecule has 0 aliphatic heterocycles. The maximum Gasteiger partial charge on any atom is 0.133 e. The molecule has 0 fully saturated rings. The first-order valence-corrected chi connectivity index (χ1v) is 6.20. The smallest absolute Gasteiger partial charge is 0.133 e. The Morgan fingerprint density at radius 2 is 1.74 bits per heavy atom. The third-order valence-corrected chi connectivity index (χ3v) is 3.13. The number of hydrogen-bond acceptors (Lipinski definition) is 3. The number of aliphatic hydroxyl groups excluding tert-OH is 1. The minimum atomic E-state index is -0.493. The van der Waals surface area contributed by atoms with E-state index < -0.39 is 6.04 Å². The van der Waals surface area contributed by atoms with Crippen LogP contribution in [0.1, 0.15) is 11.9 Å². The lowest BCUT2D eigenvalue weighted by atomic mass is 10.2. The quantitative estimate of drug-likeness (QED) is 0.750. The number of rotatable bonds is 3. The fraction of sp³-hybridized carbons (Fsp3) is 0.133. The first kappa shape index (κ1) is 11.9. The fourth-order valence-corrected chi connectivity index (χ4v) is 2.22. The number of aliphatic hydroxyl groups is 1. The maximum absolute atomic E-state index is 9.31. The Balaban J connectivity index is 2.31. The first-order chi connectivity index (χ1) is 9.31. The second-order valence-electron chi connectivity index (χ2n) is 4.42. The Labute approximate surface area is 111 Å². The minimum absolute atomic E-state index is 0.129. The highest BCUT2D eigenvalue weighted by Crippen LogP contribution is 2.24. The number of imidazole rings is 1. The Morgan fingerprint density at radius 1 is 1.05 bits per heavy atom. The Kier molecular flexibility index (Phi) is 3.03. The molecule has 3 rings (SSSR count). The SMILES string of the molecule is NC(CO)c1nc2ccccc2n1-c1ccccc1. The second-order valence-corrected chi connectivity index (χ2v) is 4.42. The van der Waals surface area contributed by atoms with E-state index in [1.54, 1.807) is 0 Å². The molecule has 4 nitrogen and oxygen atoms in total. The normalized spacial score (nSPS) is 12.7. The predicted octanol–water partition coefficient (Wildman–Crippen LogP) is 2.02. The monoisotopic (exact) mass is 253 g/mol. The van der Waals surface area contributed by atoms with Crippen molar-refractivity contribution in [3.63, 3.8) is 0 Å². The number of nitrogens with zero attached hydrogens (tertiary/aromatic N) is 2. The van der Waals surface area contributed by atoms with E-state index in [0.29, 0.717) is 5.82 Å². The molecule has 1 heterocycles. The van der Waals surface area contributed by atoms with Gasteiger partial charge in [0.2, 0.25) is 0 Å². The Bertz CT molecular complexity index is 691. The van der Waals surface area contributed by atoms with Gasteiger partial charge in [0.25, 0.3) is 0 Å². The first-order valence-electron chi connectivity index (χ1n) is 6.20. The Morgan fingerprint density at radius 3 is 2.47 bits per heavy atom. The predicted molar refractivity (Wildman–Crippen MR) is 75.1 cm³/mol. The molecule has 96 valence electrons. The summed E-state index contributed by atoms with van der Waals surface area (Å²) in [5.41, 5.74) is 8.83. The lowest BCUT2D eigenvalue weighted by Gasteiger charge is -2.12. The van der Waals surface area contributed by atoms with Crippen molar-refractivity contribution in [3.05, 3.63) is 60.4 Å². The highest BCUT2D eigenvalue weighted by Gasteiger charge is 2.17. The molecule has 4 heteroatoms. The summed E-state index contributed by atoms with van der Waals surface area (Å²) in [6.45, 7) is -0.129. The zero-order chi connectivity index (χ0) is 13.2. The molecule has 2 aromatic carbocycles. The summed E-state index contributed by atoms with van der Waals surface area (Å²) in [7, 11) is 0. The van der Waals surface area contributed by atoms with Crippen molar-refractivity contribution in [2.75, 3.05) is 6.61 Å². The van der Waals surface area contributed by atoms with Crippen molar-refractivity contribution in [2.45, 2.75) is 6.04 Å². The number of nitrogens with two attached hydrogens (primary N) is 1. The molecule has 1 unspecified atom stereocenters. The molecule has 1 atom stereocenters. The maximum atomic E-state index is 9.31. The van der Waals surface area contributed by atoms with E-state index in [4.69, 9.17) is 5.73 Å². The average Bonchev–Trinajstić information content (AvgIpc) is 2.86. The molecule has 0 aliphatic carbocycles. The van der Waals surface area contributed by atoms with Gasteiger partial charge in [-0.1, -0.05) is 30.3 Å². The van der Waals surface area contributed by atoms with Crippen molar-refractivity contribution in [3.8, 4) is 5.69 Å². The van der Waals surface area contributed by atoms with E-state index >= 15 is 0 Å². The summed E-state index contributed by atoms with van der Waals surface area (Å²) >= 11 is 0. The summed E-state index contributed by atoms with van der Waals surface area (Å²) in [6.07, 6.45) is 0. The molecule has 0 amide bonds. The van der Waals surface area contributed by atoms with Gasteiger partial charge >= 0.3 is 0 Å². The molecule has 3 N–H and O–H groups in total. The van der Waals surface area contributed by atoms with Crippen LogP contribution in [0.5, 0.6) is 0 Å². The Hall–Kier alpha value is -2.17. The molecule has 0 saturated carbocycles. The van der Waals surface area contributed by atoms with Crippen LogP contribution in [0.4, 0.5) is 0 Å². The standard InChI is InChI=1S/C15H15N3O/c16-12(10-19)15-17-13-8-4-5-9-14(13)18(15)11-6-2-1-3-7-11/h1-9,12,19H,10,16H2. The summed E-state index contributed by atoms with van der Waals surface area (Å²) in [4.78, 5) is 4.54. The van der Waals surface area contributed by atoms with Crippen LogP contribution in [0.3, 0.4) is 0 Å². The largest absolute Gasteiger partial charge is 0.394 e. The van der Waals surface area contributed by atoms with Gasteiger partial charge in [-0.2, -0.15) is 0 Å². The topological polar surface area (TPSA) is 64.1 Å². The van der Waals surface area contributed by atoms with E-state index in [9.17, 15) is 5.11 Å². The van der Waals surface area contributed by atoms with E-state index in [0.717, 1.165) is 16.7 Å². The highest BCUT2D eigenvalue weighted by atomic mass is 16.3. The molecular formula is C15H15N3O. The second kappa shape index (κ2) is 4.84. The van der Waals surface area contributed by atoms with Crippen LogP contribution in [0, 0.1) is 0 Å². The lowest BCUT2D eigenvalue weighted by molar-refractivity contribution is 0.263. The van der Waals surface area contributed by atoms with Gasteiger partial charge in [-0.05, 0) is 24.3 Å². The third kappa shape index (κ3) is 2.01. The number of para-hydroxylation sites is 3. The van der Waals surface area contributed by atoms with Gasteiger partial charge in [-0.15, -0.1) is 0 Å². The van der Waals surface area contributed by atoms with Gasteiger partial charge in [0, 0.05) is 5.69 Å². The fourth-order valence-electron chi connectivity index (χ4n) is 2.22. The molecule has 0 spiro atoms. The molecule has 0 saturated heterocycles. The summed E-state index contributed by atoms with van der Waals surface area (Å²) < 4.78 is 2.00. The van der Waals surface area contributed by atoms with E-state index in [1.165, 1.54) is 0 Å². The molecule has 3 aromatic rings. The van der Waals surface area contributed by atoms with Gasteiger partial charge < -0.3 is 10.8 Å².